The highest BCUT2D eigenvalue weighted by Crippen LogP contribution is 2.23. The van der Waals surface area contributed by atoms with Gasteiger partial charge in [0.15, 0.2) is 0 Å². The maximum atomic E-state index is 5.91. The van der Waals surface area contributed by atoms with Crippen LogP contribution in [0.3, 0.4) is 0 Å². The van der Waals surface area contributed by atoms with E-state index in [9.17, 15) is 0 Å². The summed E-state index contributed by atoms with van der Waals surface area (Å²) in [5.74, 6) is 0.590. The van der Waals surface area contributed by atoms with Crippen LogP contribution in [0.25, 0.3) is 0 Å². The molecule has 0 saturated heterocycles. The molecular formula is C13H18ClNO2S. The normalized spacial score (nSPS) is 11.3. The van der Waals surface area contributed by atoms with E-state index in [2.05, 4.69) is 0 Å². The van der Waals surface area contributed by atoms with Crippen molar-refractivity contribution in [3.05, 3.63) is 28.8 Å². The molecule has 100 valence electrons. The summed E-state index contributed by atoms with van der Waals surface area (Å²) in [7, 11) is 0. The van der Waals surface area contributed by atoms with Gasteiger partial charge in [-0.05, 0) is 39.0 Å². The van der Waals surface area contributed by atoms with Gasteiger partial charge in [-0.3, -0.25) is 0 Å². The summed E-state index contributed by atoms with van der Waals surface area (Å²) in [6.07, 6.45) is 0. The number of thiocarbonyl (C=S) groups is 1. The number of ether oxygens (including phenoxy) is 2. The summed E-state index contributed by atoms with van der Waals surface area (Å²) in [4.78, 5) is 0.290. The van der Waals surface area contributed by atoms with Crippen LogP contribution >= 0.6 is 23.8 Å². The van der Waals surface area contributed by atoms with Gasteiger partial charge in [0.05, 0.1) is 17.8 Å². The lowest BCUT2D eigenvalue weighted by Crippen LogP contribution is -2.23. The third kappa shape index (κ3) is 5.21. The predicted molar refractivity (Wildman–Crippen MR) is 78.5 cm³/mol. The minimum absolute atomic E-state index is 0.177. The lowest BCUT2D eigenvalue weighted by Gasteiger charge is -2.20. The molecule has 0 fully saturated rings. The van der Waals surface area contributed by atoms with Gasteiger partial charge in [-0.15, -0.1) is 0 Å². The lowest BCUT2D eigenvalue weighted by molar-refractivity contribution is -0.0163. The quantitative estimate of drug-likeness (QED) is 0.667. The van der Waals surface area contributed by atoms with Crippen molar-refractivity contribution in [1.29, 1.82) is 0 Å². The summed E-state index contributed by atoms with van der Waals surface area (Å²) in [5.41, 5.74) is 6.12. The Morgan fingerprint density at radius 3 is 2.56 bits per heavy atom. The Kier molecular flexibility index (Phi) is 5.38. The number of hydrogen-bond donors (Lipinski definition) is 1. The average Bonchev–Trinajstić information content (AvgIpc) is 2.22. The van der Waals surface area contributed by atoms with Crippen LogP contribution in [-0.2, 0) is 4.74 Å². The van der Waals surface area contributed by atoms with Gasteiger partial charge in [0.25, 0.3) is 0 Å². The smallest absolute Gasteiger partial charge is 0.131 e. The van der Waals surface area contributed by atoms with Gasteiger partial charge in [0.1, 0.15) is 17.3 Å². The van der Waals surface area contributed by atoms with Crippen molar-refractivity contribution in [1.82, 2.24) is 0 Å². The molecular weight excluding hydrogens is 270 g/mol. The first-order valence-electron chi connectivity index (χ1n) is 5.66. The summed E-state index contributed by atoms with van der Waals surface area (Å²) in [6.45, 7) is 6.90. The highest BCUT2D eigenvalue weighted by atomic mass is 35.5. The Morgan fingerprint density at radius 1 is 1.33 bits per heavy atom. The van der Waals surface area contributed by atoms with Gasteiger partial charge in [-0.2, -0.15) is 0 Å². The monoisotopic (exact) mass is 287 g/mol. The molecule has 3 nitrogen and oxygen atoms in total. The van der Waals surface area contributed by atoms with Crippen LogP contribution in [0.2, 0.25) is 5.02 Å². The van der Waals surface area contributed by atoms with Crippen LogP contribution in [0.4, 0.5) is 0 Å². The predicted octanol–water partition coefficient (Wildman–Crippen LogP) is 3.17. The Labute approximate surface area is 118 Å². The van der Waals surface area contributed by atoms with Crippen molar-refractivity contribution in [2.24, 2.45) is 5.73 Å². The van der Waals surface area contributed by atoms with Crippen molar-refractivity contribution in [3.8, 4) is 5.75 Å². The summed E-state index contributed by atoms with van der Waals surface area (Å²) in [6, 6.07) is 5.19. The van der Waals surface area contributed by atoms with E-state index in [1.165, 1.54) is 0 Å². The van der Waals surface area contributed by atoms with E-state index in [4.69, 9.17) is 39.0 Å². The Bertz CT molecular complexity index is 429. The van der Waals surface area contributed by atoms with E-state index < -0.39 is 0 Å². The van der Waals surface area contributed by atoms with Gasteiger partial charge in [-0.25, -0.2) is 0 Å². The van der Waals surface area contributed by atoms with Crippen molar-refractivity contribution >= 4 is 28.8 Å². The summed E-state index contributed by atoms with van der Waals surface area (Å²) >= 11 is 10.9. The van der Waals surface area contributed by atoms with E-state index in [0.29, 0.717) is 34.5 Å². The van der Waals surface area contributed by atoms with Crippen molar-refractivity contribution < 1.29 is 9.47 Å². The molecule has 0 amide bonds. The average molecular weight is 288 g/mol. The fraction of sp³-hybridized carbons (Fsp3) is 0.462. The van der Waals surface area contributed by atoms with E-state index in [0.717, 1.165) is 0 Å². The standard InChI is InChI=1S/C13H18ClNO2S/c1-13(2,3)17-7-6-16-11-8-9(14)4-5-10(11)12(15)18/h4-5,8H,6-7H2,1-3H3,(H2,15,18). The topological polar surface area (TPSA) is 44.5 Å². The van der Waals surface area contributed by atoms with Crippen molar-refractivity contribution in [2.75, 3.05) is 13.2 Å². The molecule has 0 bridgehead atoms. The zero-order chi connectivity index (χ0) is 13.8. The highest BCUT2D eigenvalue weighted by molar-refractivity contribution is 7.80. The minimum atomic E-state index is -0.177. The number of nitrogens with two attached hydrogens (primary N) is 1. The zero-order valence-corrected chi connectivity index (χ0v) is 12.4. The molecule has 1 rings (SSSR count). The fourth-order valence-electron chi connectivity index (χ4n) is 1.32. The molecule has 1 aromatic carbocycles. The third-order valence-corrected chi connectivity index (χ3v) is 2.54. The highest BCUT2D eigenvalue weighted by Gasteiger charge is 2.11. The zero-order valence-electron chi connectivity index (χ0n) is 10.8. The largest absolute Gasteiger partial charge is 0.490 e. The molecule has 18 heavy (non-hydrogen) atoms. The van der Waals surface area contributed by atoms with Gasteiger partial charge >= 0.3 is 0 Å². The van der Waals surface area contributed by atoms with Crippen molar-refractivity contribution in [2.45, 2.75) is 26.4 Å². The van der Waals surface area contributed by atoms with Crippen LogP contribution in [0.15, 0.2) is 18.2 Å². The molecule has 0 saturated carbocycles. The molecule has 0 atom stereocenters. The first kappa shape index (κ1) is 15.2. The summed E-state index contributed by atoms with van der Waals surface area (Å²) < 4.78 is 11.2. The summed E-state index contributed by atoms with van der Waals surface area (Å²) in [5, 5.41) is 0.585. The van der Waals surface area contributed by atoms with Crippen LogP contribution in [0.5, 0.6) is 5.75 Å². The van der Waals surface area contributed by atoms with E-state index >= 15 is 0 Å². The van der Waals surface area contributed by atoms with E-state index in [-0.39, 0.29) is 5.60 Å². The SMILES string of the molecule is CC(C)(C)OCCOc1cc(Cl)ccc1C(N)=S. The van der Waals surface area contributed by atoms with E-state index in [1.807, 2.05) is 20.8 Å². The number of hydrogen-bond acceptors (Lipinski definition) is 3. The fourth-order valence-corrected chi connectivity index (χ4v) is 1.65. The molecule has 0 aliphatic carbocycles. The molecule has 0 spiro atoms. The second-order valence-corrected chi connectivity index (χ2v) is 5.69. The first-order chi connectivity index (χ1) is 8.29. The van der Waals surface area contributed by atoms with Gasteiger partial charge in [-0.1, -0.05) is 23.8 Å². The molecule has 0 aliphatic rings. The number of benzene rings is 1. The molecule has 0 radical (unpaired) electrons. The van der Waals surface area contributed by atoms with Gasteiger partial charge in [0.2, 0.25) is 0 Å². The maximum absolute atomic E-state index is 5.91. The second kappa shape index (κ2) is 6.36. The van der Waals surface area contributed by atoms with Crippen LogP contribution in [-0.4, -0.2) is 23.8 Å². The Balaban J connectivity index is 2.61. The van der Waals surface area contributed by atoms with Crippen LogP contribution < -0.4 is 10.5 Å². The Morgan fingerprint density at radius 2 is 2.00 bits per heavy atom. The molecule has 0 aliphatic heterocycles. The second-order valence-electron chi connectivity index (χ2n) is 4.81. The molecule has 5 heteroatoms. The first-order valence-corrected chi connectivity index (χ1v) is 6.44. The third-order valence-electron chi connectivity index (χ3n) is 2.09. The molecule has 0 unspecified atom stereocenters. The molecule has 0 heterocycles. The van der Waals surface area contributed by atoms with Gasteiger partial charge in [0, 0.05) is 5.02 Å². The van der Waals surface area contributed by atoms with Crippen LogP contribution in [0, 0.1) is 0 Å². The molecule has 1 aromatic rings. The maximum Gasteiger partial charge on any atom is 0.131 e. The van der Waals surface area contributed by atoms with Gasteiger partial charge < -0.3 is 15.2 Å². The minimum Gasteiger partial charge on any atom is -0.490 e. The number of halogens is 1. The Hall–Kier alpha value is -0.840. The lowest BCUT2D eigenvalue weighted by atomic mass is 10.2. The molecule has 2 N–H and O–H groups in total. The van der Waals surface area contributed by atoms with E-state index in [1.54, 1.807) is 18.2 Å². The van der Waals surface area contributed by atoms with Crippen LogP contribution in [0.1, 0.15) is 26.3 Å². The molecule has 0 aromatic heterocycles. The number of rotatable bonds is 5. The van der Waals surface area contributed by atoms with Crippen molar-refractivity contribution in [3.63, 3.8) is 0 Å².